The predicted octanol–water partition coefficient (Wildman–Crippen LogP) is 3.43. The van der Waals surface area contributed by atoms with E-state index in [1.54, 1.807) is 0 Å². The molecular formula is C25H20F5N7O2. The van der Waals surface area contributed by atoms with Crippen molar-refractivity contribution in [1.29, 1.82) is 0 Å². The van der Waals surface area contributed by atoms with E-state index in [-0.39, 0.29) is 35.5 Å². The Labute approximate surface area is 217 Å². The molecule has 2 unspecified atom stereocenters. The number of hydrogen-bond donors (Lipinski definition) is 2. The van der Waals surface area contributed by atoms with Crippen LogP contribution in [0.1, 0.15) is 31.8 Å². The highest BCUT2D eigenvalue weighted by Gasteiger charge is 2.38. The molecule has 202 valence electrons. The standard InChI is InChI=1S/C25H20F5N7O2/c1-12-6-17(26)15(20-8-16(25(28,29)30)21-22(31)33-11-34-37(20)21)7-14(12)23(38)35-19-10-36(9-18(19)27)24(39)13-2-4-32-5-3-13/h2-8,11,18-19H,9-10H2,1H3,(H,35,38)(H2,31,33,34). The molecule has 3 aromatic heterocycles. The number of benzene rings is 1. The summed E-state index contributed by atoms with van der Waals surface area (Å²) in [7, 11) is 0. The first kappa shape index (κ1) is 26.0. The molecular weight excluding hydrogens is 525 g/mol. The van der Waals surface area contributed by atoms with Crippen molar-refractivity contribution in [2.45, 2.75) is 25.3 Å². The van der Waals surface area contributed by atoms with Crippen molar-refractivity contribution in [3.8, 4) is 11.3 Å². The third-order valence-electron chi connectivity index (χ3n) is 6.50. The van der Waals surface area contributed by atoms with Crippen LogP contribution >= 0.6 is 0 Å². The molecule has 14 heteroatoms. The molecule has 39 heavy (non-hydrogen) atoms. The van der Waals surface area contributed by atoms with Gasteiger partial charge in [-0.3, -0.25) is 14.6 Å². The lowest BCUT2D eigenvalue weighted by atomic mass is 10.0. The number of halogens is 5. The minimum absolute atomic E-state index is 0.0944. The highest BCUT2D eigenvalue weighted by molar-refractivity contribution is 5.98. The summed E-state index contributed by atoms with van der Waals surface area (Å²) in [5.41, 5.74) is 3.65. The third-order valence-corrected chi connectivity index (χ3v) is 6.50. The number of nitrogens with zero attached hydrogens (tertiary/aromatic N) is 5. The molecule has 0 bridgehead atoms. The molecule has 0 radical (unpaired) electrons. The third kappa shape index (κ3) is 4.73. The second kappa shape index (κ2) is 9.60. The fourth-order valence-electron chi connectivity index (χ4n) is 4.58. The summed E-state index contributed by atoms with van der Waals surface area (Å²) in [5, 5.41) is 6.32. The number of aromatic nitrogens is 4. The topological polar surface area (TPSA) is 119 Å². The fraction of sp³-hybridized carbons (Fsp3) is 0.240. The predicted molar refractivity (Wildman–Crippen MR) is 129 cm³/mol. The molecule has 1 aliphatic heterocycles. The molecule has 1 saturated heterocycles. The van der Waals surface area contributed by atoms with E-state index in [1.807, 2.05) is 0 Å². The molecule has 4 aromatic rings. The van der Waals surface area contributed by atoms with Crippen molar-refractivity contribution in [3.63, 3.8) is 0 Å². The number of rotatable bonds is 4. The van der Waals surface area contributed by atoms with E-state index in [9.17, 15) is 27.2 Å². The molecule has 0 saturated carbocycles. The van der Waals surface area contributed by atoms with Crippen LogP contribution in [0, 0.1) is 12.7 Å². The summed E-state index contributed by atoms with van der Waals surface area (Å²) in [5.74, 6) is -2.59. The van der Waals surface area contributed by atoms with E-state index in [2.05, 4.69) is 20.4 Å². The van der Waals surface area contributed by atoms with Crippen molar-refractivity contribution < 1.29 is 31.5 Å². The number of aryl methyl sites for hydroxylation is 1. The van der Waals surface area contributed by atoms with Crippen molar-refractivity contribution in [1.82, 2.24) is 29.8 Å². The summed E-state index contributed by atoms with van der Waals surface area (Å²) in [6.45, 7) is 1.06. The van der Waals surface area contributed by atoms with Crippen molar-refractivity contribution >= 4 is 23.1 Å². The average molecular weight is 545 g/mol. The van der Waals surface area contributed by atoms with Gasteiger partial charge in [0.25, 0.3) is 11.8 Å². The lowest BCUT2D eigenvalue weighted by Crippen LogP contribution is -2.42. The van der Waals surface area contributed by atoms with Gasteiger partial charge in [0, 0.05) is 35.6 Å². The van der Waals surface area contributed by atoms with E-state index < -0.39 is 52.9 Å². The number of anilines is 1. The van der Waals surface area contributed by atoms with Gasteiger partial charge in [-0.2, -0.15) is 18.3 Å². The maximum atomic E-state index is 15.1. The average Bonchev–Trinajstić information content (AvgIpc) is 3.46. The summed E-state index contributed by atoms with van der Waals surface area (Å²) >= 11 is 0. The van der Waals surface area contributed by atoms with Crippen LogP contribution < -0.4 is 11.1 Å². The van der Waals surface area contributed by atoms with Gasteiger partial charge in [0.1, 0.15) is 23.8 Å². The zero-order valence-electron chi connectivity index (χ0n) is 20.2. The Bertz CT molecular complexity index is 1590. The lowest BCUT2D eigenvalue weighted by molar-refractivity contribution is -0.136. The van der Waals surface area contributed by atoms with Gasteiger partial charge in [0.2, 0.25) is 0 Å². The van der Waals surface area contributed by atoms with Crippen LogP contribution in [0.15, 0.2) is 49.1 Å². The van der Waals surface area contributed by atoms with Gasteiger partial charge in [0.05, 0.1) is 23.8 Å². The van der Waals surface area contributed by atoms with Gasteiger partial charge in [0.15, 0.2) is 5.82 Å². The Hall–Kier alpha value is -4.62. The van der Waals surface area contributed by atoms with Gasteiger partial charge in [-0.05, 0) is 42.8 Å². The monoisotopic (exact) mass is 545 g/mol. The second-order valence-corrected chi connectivity index (χ2v) is 9.04. The largest absolute Gasteiger partial charge is 0.418 e. The lowest BCUT2D eigenvalue weighted by Gasteiger charge is -2.18. The van der Waals surface area contributed by atoms with Crippen molar-refractivity contribution in [2.24, 2.45) is 0 Å². The first-order valence-electron chi connectivity index (χ1n) is 11.6. The van der Waals surface area contributed by atoms with Gasteiger partial charge in [-0.25, -0.2) is 18.3 Å². The van der Waals surface area contributed by atoms with E-state index in [4.69, 9.17) is 5.73 Å². The summed E-state index contributed by atoms with van der Waals surface area (Å²) in [4.78, 5) is 34.5. The molecule has 1 fully saturated rings. The Kier molecular flexibility index (Phi) is 6.40. The fourth-order valence-corrected chi connectivity index (χ4v) is 4.58. The van der Waals surface area contributed by atoms with Crippen LogP contribution in [-0.2, 0) is 6.18 Å². The van der Waals surface area contributed by atoms with E-state index >= 15 is 4.39 Å². The quantitative estimate of drug-likeness (QED) is 0.380. The van der Waals surface area contributed by atoms with Crippen LogP contribution in [0.5, 0.6) is 0 Å². The Balaban J connectivity index is 1.45. The number of carbonyl (C=O) groups is 2. The molecule has 2 atom stereocenters. The minimum atomic E-state index is -4.85. The molecule has 2 amide bonds. The smallest absolute Gasteiger partial charge is 0.382 e. The summed E-state index contributed by atoms with van der Waals surface area (Å²) < 4.78 is 71.8. The molecule has 9 nitrogen and oxygen atoms in total. The van der Waals surface area contributed by atoms with Crippen LogP contribution in [0.25, 0.3) is 16.8 Å². The molecule has 0 aliphatic carbocycles. The van der Waals surface area contributed by atoms with Crippen LogP contribution in [0.4, 0.5) is 27.8 Å². The maximum Gasteiger partial charge on any atom is 0.418 e. The van der Waals surface area contributed by atoms with Gasteiger partial charge < -0.3 is 16.0 Å². The number of carbonyl (C=O) groups excluding carboxylic acids is 2. The number of nitrogens with two attached hydrogens (primary N) is 1. The Morgan fingerprint density at radius 3 is 2.54 bits per heavy atom. The molecule has 0 spiro atoms. The first-order valence-corrected chi connectivity index (χ1v) is 11.6. The zero-order valence-corrected chi connectivity index (χ0v) is 20.2. The SMILES string of the molecule is Cc1cc(F)c(-c2cc(C(F)(F)F)c3c(N)ncnn23)cc1C(=O)NC1CN(C(=O)c2ccncc2)CC1F. The number of alkyl halides is 4. The number of likely N-dealkylation sites (tertiary alicyclic amines) is 1. The number of pyridine rings is 1. The van der Waals surface area contributed by atoms with Crippen LogP contribution in [0.2, 0.25) is 0 Å². The summed E-state index contributed by atoms with van der Waals surface area (Å²) in [6.07, 6.45) is -2.65. The van der Waals surface area contributed by atoms with E-state index in [1.165, 1.54) is 36.4 Å². The molecule has 3 N–H and O–H groups in total. The van der Waals surface area contributed by atoms with Gasteiger partial charge in [-0.1, -0.05) is 0 Å². The molecule has 1 aromatic carbocycles. The van der Waals surface area contributed by atoms with E-state index in [0.29, 0.717) is 11.6 Å². The molecule has 5 rings (SSSR count). The normalized spacial score (nSPS) is 17.5. The van der Waals surface area contributed by atoms with Crippen LogP contribution in [-0.4, -0.2) is 61.6 Å². The zero-order chi connectivity index (χ0) is 28.1. The number of nitrogens with one attached hydrogen (secondary N) is 1. The first-order chi connectivity index (χ1) is 18.5. The number of nitrogen functional groups attached to an aromatic ring is 1. The molecule has 1 aliphatic rings. The van der Waals surface area contributed by atoms with Crippen LogP contribution in [0.3, 0.4) is 0 Å². The summed E-state index contributed by atoms with van der Waals surface area (Å²) in [6, 6.07) is 4.64. The second-order valence-electron chi connectivity index (χ2n) is 9.04. The number of fused-ring (bicyclic) bond motifs is 1. The highest BCUT2D eigenvalue weighted by Crippen LogP contribution is 2.39. The number of hydrogen-bond acceptors (Lipinski definition) is 6. The van der Waals surface area contributed by atoms with Gasteiger partial charge in [-0.15, -0.1) is 0 Å². The Morgan fingerprint density at radius 2 is 1.85 bits per heavy atom. The number of amides is 2. The Morgan fingerprint density at radius 1 is 1.13 bits per heavy atom. The highest BCUT2D eigenvalue weighted by atomic mass is 19.4. The van der Waals surface area contributed by atoms with E-state index in [0.717, 1.165) is 23.0 Å². The van der Waals surface area contributed by atoms with Gasteiger partial charge >= 0.3 is 6.18 Å². The van der Waals surface area contributed by atoms with Crippen molar-refractivity contribution in [3.05, 3.63) is 77.1 Å². The maximum absolute atomic E-state index is 15.1. The minimum Gasteiger partial charge on any atom is -0.382 e. The molecule has 4 heterocycles. The van der Waals surface area contributed by atoms with Crippen molar-refractivity contribution in [2.75, 3.05) is 18.8 Å².